The SMILES string of the molecule is Oc1ccc(-c2sc3ccccc3[s+]2)cc1. The predicted octanol–water partition coefficient (Wildman–Crippen LogP) is 4.62. The van der Waals surface area contributed by atoms with E-state index in [4.69, 9.17) is 0 Å². The Balaban J connectivity index is 2.15. The van der Waals surface area contributed by atoms with Crippen molar-refractivity contribution < 1.29 is 5.11 Å². The maximum Gasteiger partial charge on any atom is 0.286 e. The summed E-state index contributed by atoms with van der Waals surface area (Å²) in [6, 6.07) is 15.8. The van der Waals surface area contributed by atoms with Crippen molar-refractivity contribution in [1.29, 1.82) is 0 Å². The fourth-order valence-corrected chi connectivity index (χ4v) is 4.05. The Morgan fingerprint density at radius 1 is 0.938 bits per heavy atom. The van der Waals surface area contributed by atoms with Crippen molar-refractivity contribution in [3.63, 3.8) is 0 Å². The Bertz CT molecular complexity index is 593. The summed E-state index contributed by atoms with van der Waals surface area (Å²) in [6.07, 6.45) is 0. The van der Waals surface area contributed by atoms with E-state index in [-0.39, 0.29) is 0 Å². The van der Waals surface area contributed by atoms with Crippen LogP contribution in [-0.4, -0.2) is 5.11 Å². The third kappa shape index (κ3) is 1.68. The molecule has 0 aliphatic carbocycles. The van der Waals surface area contributed by atoms with Crippen molar-refractivity contribution >= 4 is 32.1 Å². The van der Waals surface area contributed by atoms with Gasteiger partial charge in [0.25, 0.3) is 4.19 Å². The molecule has 3 rings (SSSR count). The molecule has 0 fully saturated rings. The summed E-state index contributed by atoms with van der Waals surface area (Å²) >= 11 is 3.59. The number of hydrogen-bond acceptors (Lipinski definition) is 2. The van der Waals surface area contributed by atoms with Gasteiger partial charge in [0.05, 0.1) is 22.7 Å². The molecular weight excluding hydrogens is 236 g/mol. The minimum atomic E-state index is 0.315. The van der Waals surface area contributed by atoms with Crippen LogP contribution < -0.4 is 0 Å². The van der Waals surface area contributed by atoms with Gasteiger partial charge in [0, 0.05) is 5.56 Å². The van der Waals surface area contributed by atoms with Gasteiger partial charge in [-0.1, -0.05) is 12.1 Å². The van der Waals surface area contributed by atoms with Crippen molar-refractivity contribution in [3.05, 3.63) is 48.5 Å². The molecule has 0 bridgehead atoms. The molecule has 78 valence electrons. The second-order valence-corrected chi connectivity index (χ2v) is 5.85. The van der Waals surface area contributed by atoms with Crippen molar-refractivity contribution in [2.75, 3.05) is 0 Å². The van der Waals surface area contributed by atoms with E-state index in [1.807, 2.05) is 12.1 Å². The standard InChI is InChI=1S/C13H8OS2/c14-10-7-5-9(6-8-10)13-15-11-3-1-2-4-12(11)16-13/h1-8H/p+1. The molecule has 0 saturated carbocycles. The van der Waals surface area contributed by atoms with Crippen LogP contribution in [0.4, 0.5) is 0 Å². The van der Waals surface area contributed by atoms with Gasteiger partial charge in [0.15, 0.2) is 9.40 Å². The first-order valence-electron chi connectivity index (χ1n) is 4.94. The van der Waals surface area contributed by atoms with Gasteiger partial charge in [-0.3, -0.25) is 0 Å². The molecule has 16 heavy (non-hydrogen) atoms. The smallest absolute Gasteiger partial charge is 0.286 e. The summed E-state index contributed by atoms with van der Waals surface area (Å²) in [5.74, 6) is 0.315. The fourth-order valence-electron chi connectivity index (χ4n) is 1.55. The molecule has 0 saturated heterocycles. The van der Waals surface area contributed by atoms with Crippen molar-refractivity contribution in [3.8, 4) is 15.5 Å². The number of fused-ring (bicyclic) bond motifs is 1. The zero-order valence-corrected chi connectivity index (χ0v) is 10.0. The Morgan fingerprint density at radius 3 is 2.44 bits per heavy atom. The largest absolute Gasteiger partial charge is 0.508 e. The Labute approximate surface area is 101 Å². The monoisotopic (exact) mass is 245 g/mol. The van der Waals surface area contributed by atoms with E-state index in [0.29, 0.717) is 5.75 Å². The summed E-state index contributed by atoms with van der Waals surface area (Å²) in [4.78, 5) is 0. The zero-order valence-electron chi connectivity index (χ0n) is 8.38. The maximum absolute atomic E-state index is 9.25. The van der Waals surface area contributed by atoms with E-state index in [0.717, 1.165) is 0 Å². The van der Waals surface area contributed by atoms with E-state index in [9.17, 15) is 5.11 Å². The Hall–Kier alpha value is -1.45. The van der Waals surface area contributed by atoms with E-state index in [1.54, 1.807) is 34.8 Å². The summed E-state index contributed by atoms with van der Waals surface area (Å²) < 4.78 is 3.91. The molecule has 1 heterocycles. The number of aromatic hydroxyl groups is 1. The number of rotatable bonds is 1. The fraction of sp³-hybridized carbons (Fsp3) is 0. The first-order valence-corrected chi connectivity index (χ1v) is 6.57. The molecule has 3 aromatic rings. The molecule has 0 unspecified atom stereocenters. The molecule has 0 aliphatic rings. The van der Waals surface area contributed by atoms with Crippen molar-refractivity contribution in [1.82, 2.24) is 0 Å². The Morgan fingerprint density at radius 2 is 1.69 bits per heavy atom. The minimum Gasteiger partial charge on any atom is -0.508 e. The molecule has 2 aromatic carbocycles. The molecule has 0 radical (unpaired) electrons. The molecule has 1 N–H and O–H groups in total. The van der Waals surface area contributed by atoms with E-state index in [2.05, 4.69) is 24.3 Å². The van der Waals surface area contributed by atoms with Gasteiger partial charge in [-0.15, -0.1) is 0 Å². The van der Waals surface area contributed by atoms with Crippen LogP contribution in [0.1, 0.15) is 0 Å². The molecule has 1 nitrogen and oxygen atoms in total. The lowest BCUT2D eigenvalue weighted by Gasteiger charge is -1.90. The van der Waals surface area contributed by atoms with E-state index >= 15 is 0 Å². The van der Waals surface area contributed by atoms with Crippen LogP contribution in [0, 0.1) is 0 Å². The first kappa shape index (κ1) is 9.75. The van der Waals surface area contributed by atoms with E-state index < -0.39 is 0 Å². The van der Waals surface area contributed by atoms with Crippen LogP contribution in [0.2, 0.25) is 0 Å². The van der Waals surface area contributed by atoms with Gasteiger partial charge >= 0.3 is 0 Å². The second-order valence-electron chi connectivity index (χ2n) is 3.49. The molecule has 1 aromatic heterocycles. The first-order chi connectivity index (χ1) is 7.83. The predicted molar refractivity (Wildman–Crippen MR) is 71.2 cm³/mol. The number of benzene rings is 2. The molecule has 0 amide bonds. The number of phenols is 1. The third-order valence-corrected chi connectivity index (χ3v) is 4.98. The highest BCUT2D eigenvalue weighted by molar-refractivity contribution is 7.43. The highest BCUT2D eigenvalue weighted by Crippen LogP contribution is 2.38. The summed E-state index contributed by atoms with van der Waals surface area (Å²) in [6.45, 7) is 0. The van der Waals surface area contributed by atoms with Crippen molar-refractivity contribution in [2.24, 2.45) is 0 Å². The van der Waals surface area contributed by atoms with Gasteiger partial charge < -0.3 is 5.11 Å². The second kappa shape index (κ2) is 3.85. The van der Waals surface area contributed by atoms with Gasteiger partial charge in [0.2, 0.25) is 0 Å². The molecule has 0 aliphatic heterocycles. The molecule has 0 atom stereocenters. The molecular formula is C13H9OS2+. The van der Waals surface area contributed by atoms with E-state index in [1.165, 1.54) is 19.2 Å². The van der Waals surface area contributed by atoms with Crippen LogP contribution >= 0.6 is 22.7 Å². The van der Waals surface area contributed by atoms with Crippen molar-refractivity contribution in [2.45, 2.75) is 0 Å². The zero-order chi connectivity index (χ0) is 11.0. The van der Waals surface area contributed by atoms with Gasteiger partial charge in [0.1, 0.15) is 5.75 Å². The molecule has 3 heteroatoms. The maximum atomic E-state index is 9.25. The lowest BCUT2D eigenvalue weighted by atomic mass is 10.2. The quantitative estimate of drug-likeness (QED) is 0.620. The van der Waals surface area contributed by atoms with Gasteiger partial charge in [-0.25, -0.2) is 0 Å². The Kier molecular flexibility index (Phi) is 2.35. The van der Waals surface area contributed by atoms with Gasteiger partial charge in [-0.2, -0.15) is 0 Å². The van der Waals surface area contributed by atoms with Crippen LogP contribution in [0.5, 0.6) is 5.75 Å². The highest BCUT2D eigenvalue weighted by atomic mass is 32.2. The minimum absolute atomic E-state index is 0.315. The average molecular weight is 245 g/mol. The average Bonchev–Trinajstić information content (AvgIpc) is 2.73. The topological polar surface area (TPSA) is 20.2 Å². The van der Waals surface area contributed by atoms with Crippen LogP contribution in [0.15, 0.2) is 48.5 Å². The lowest BCUT2D eigenvalue weighted by molar-refractivity contribution is 0.475. The number of hydrogen-bond donors (Lipinski definition) is 1. The van der Waals surface area contributed by atoms with Crippen LogP contribution in [-0.2, 0) is 0 Å². The third-order valence-electron chi connectivity index (χ3n) is 2.36. The molecule has 0 spiro atoms. The summed E-state index contributed by atoms with van der Waals surface area (Å²) in [5, 5.41) is 9.25. The number of phenolic OH excluding ortho intramolecular Hbond substituents is 1. The van der Waals surface area contributed by atoms with Gasteiger partial charge in [-0.05, 0) is 36.4 Å². The highest BCUT2D eigenvalue weighted by Gasteiger charge is 2.16. The lowest BCUT2D eigenvalue weighted by Crippen LogP contribution is -1.68. The summed E-state index contributed by atoms with van der Waals surface area (Å²) in [5.41, 5.74) is 1.17. The van der Waals surface area contributed by atoms with Crippen LogP contribution in [0.25, 0.3) is 19.2 Å². The summed E-state index contributed by atoms with van der Waals surface area (Å²) in [7, 11) is 0. The normalized spacial score (nSPS) is 10.8. The van der Waals surface area contributed by atoms with Crippen LogP contribution in [0.3, 0.4) is 0 Å².